The first kappa shape index (κ1) is 19.1. The molecule has 0 fully saturated rings. The summed E-state index contributed by atoms with van der Waals surface area (Å²) in [5.41, 5.74) is 1.84. The molecule has 3 aromatic rings. The van der Waals surface area contributed by atoms with Crippen LogP contribution in [0, 0.1) is 12.7 Å². The lowest BCUT2D eigenvalue weighted by atomic mass is 9.80. The zero-order chi connectivity index (χ0) is 20.4. The van der Waals surface area contributed by atoms with Crippen LogP contribution in [0.15, 0.2) is 60.8 Å². The molecular formula is C23H21FN2O3. The van der Waals surface area contributed by atoms with Crippen molar-refractivity contribution in [2.75, 3.05) is 6.61 Å². The summed E-state index contributed by atoms with van der Waals surface area (Å²) in [4.78, 5) is 17.6. The number of benzene rings is 2. The molecule has 0 aliphatic carbocycles. The van der Waals surface area contributed by atoms with E-state index in [1.165, 1.54) is 6.07 Å². The average Bonchev–Trinajstić information content (AvgIpc) is 2.76. The number of carbonyl (C=O) groups is 1. The standard InChI is InChI=1S/C23H21FN2O3/c1-15-4-9-18(13-19(15)24)23(10-12-29-20-3-2-11-25-21(20)23)26-22(28)17-7-5-16(14-27)6-8-17/h2-9,11,13,27H,10,12,14H2,1H3,(H,26,28)/t23-/m0/s1. The number of nitrogens with zero attached hydrogens (tertiary/aromatic N) is 1. The number of ether oxygens (including phenoxy) is 1. The van der Waals surface area contributed by atoms with Gasteiger partial charge in [-0.2, -0.15) is 0 Å². The van der Waals surface area contributed by atoms with Crippen LogP contribution in [-0.4, -0.2) is 22.6 Å². The van der Waals surface area contributed by atoms with E-state index >= 15 is 0 Å². The van der Waals surface area contributed by atoms with Gasteiger partial charge in [-0.05, 0) is 53.9 Å². The van der Waals surface area contributed by atoms with Crippen molar-refractivity contribution >= 4 is 5.91 Å². The van der Waals surface area contributed by atoms with Gasteiger partial charge in [-0.25, -0.2) is 4.39 Å². The number of amides is 1. The monoisotopic (exact) mass is 392 g/mol. The molecule has 0 saturated carbocycles. The Morgan fingerprint density at radius 2 is 2.03 bits per heavy atom. The lowest BCUT2D eigenvalue weighted by molar-refractivity contribution is 0.0883. The topological polar surface area (TPSA) is 71.5 Å². The highest BCUT2D eigenvalue weighted by atomic mass is 19.1. The number of nitrogens with one attached hydrogen (secondary N) is 1. The fourth-order valence-corrected chi connectivity index (χ4v) is 3.62. The maximum Gasteiger partial charge on any atom is 0.252 e. The van der Waals surface area contributed by atoms with Crippen molar-refractivity contribution < 1.29 is 19.0 Å². The molecule has 29 heavy (non-hydrogen) atoms. The van der Waals surface area contributed by atoms with Gasteiger partial charge in [-0.15, -0.1) is 0 Å². The van der Waals surface area contributed by atoms with E-state index in [0.29, 0.717) is 41.2 Å². The number of aryl methyl sites for hydroxylation is 1. The summed E-state index contributed by atoms with van der Waals surface area (Å²) >= 11 is 0. The number of aliphatic hydroxyl groups excluding tert-OH is 1. The van der Waals surface area contributed by atoms with Crippen molar-refractivity contribution in [2.24, 2.45) is 0 Å². The number of aromatic nitrogens is 1. The van der Waals surface area contributed by atoms with Gasteiger partial charge in [0.2, 0.25) is 0 Å². The van der Waals surface area contributed by atoms with Gasteiger partial charge in [0.1, 0.15) is 22.8 Å². The number of aliphatic hydroxyl groups is 1. The molecule has 1 atom stereocenters. The third kappa shape index (κ3) is 3.47. The second-order valence-corrected chi connectivity index (χ2v) is 7.13. The van der Waals surface area contributed by atoms with E-state index in [1.807, 2.05) is 6.07 Å². The second-order valence-electron chi connectivity index (χ2n) is 7.13. The Kier molecular flexibility index (Phi) is 5.03. The fourth-order valence-electron chi connectivity index (χ4n) is 3.62. The number of fused-ring (bicyclic) bond motifs is 1. The third-order valence-corrected chi connectivity index (χ3v) is 5.30. The van der Waals surface area contributed by atoms with Crippen molar-refractivity contribution in [2.45, 2.75) is 25.5 Å². The van der Waals surface area contributed by atoms with Gasteiger partial charge < -0.3 is 15.2 Å². The molecule has 2 N–H and O–H groups in total. The van der Waals surface area contributed by atoms with Crippen LogP contribution in [0.2, 0.25) is 0 Å². The number of hydrogen-bond acceptors (Lipinski definition) is 4. The Labute approximate surface area is 168 Å². The largest absolute Gasteiger partial charge is 0.491 e. The first-order valence-corrected chi connectivity index (χ1v) is 9.41. The van der Waals surface area contributed by atoms with Gasteiger partial charge in [-0.3, -0.25) is 9.78 Å². The van der Waals surface area contributed by atoms with Crippen LogP contribution in [0.3, 0.4) is 0 Å². The number of carbonyl (C=O) groups excluding carboxylic acids is 1. The highest BCUT2D eigenvalue weighted by Gasteiger charge is 2.42. The summed E-state index contributed by atoms with van der Waals surface area (Å²) in [6.07, 6.45) is 2.05. The molecule has 2 aromatic carbocycles. The summed E-state index contributed by atoms with van der Waals surface area (Å²) in [6.45, 7) is 1.96. The second kappa shape index (κ2) is 7.64. The molecule has 1 aliphatic rings. The van der Waals surface area contributed by atoms with E-state index in [2.05, 4.69) is 10.3 Å². The highest BCUT2D eigenvalue weighted by Crippen LogP contribution is 2.41. The van der Waals surface area contributed by atoms with Gasteiger partial charge in [0.25, 0.3) is 5.91 Å². The quantitative estimate of drug-likeness (QED) is 0.713. The molecule has 4 rings (SSSR count). The van der Waals surface area contributed by atoms with Gasteiger partial charge in [-0.1, -0.05) is 24.3 Å². The fraction of sp³-hybridized carbons (Fsp3) is 0.217. The number of halogens is 1. The summed E-state index contributed by atoms with van der Waals surface area (Å²) in [5.74, 6) is -0.0861. The SMILES string of the molecule is Cc1ccc([C@@]2(NC(=O)c3ccc(CO)cc3)CCOc3cccnc32)cc1F. The lowest BCUT2D eigenvalue weighted by Crippen LogP contribution is -2.50. The van der Waals surface area contributed by atoms with Crippen LogP contribution < -0.4 is 10.1 Å². The molecule has 2 heterocycles. The highest BCUT2D eigenvalue weighted by molar-refractivity contribution is 5.95. The van der Waals surface area contributed by atoms with Crippen LogP contribution in [0.5, 0.6) is 5.75 Å². The molecule has 0 saturated heterocycles. The third-order valence-electron chi connectivity index (χ3n) is 5.30. The molecular weight excluding hydrogens is 371 g/mol. The molecule has 148 valence electrons. The Bertz CT molecular complexity index is 1050. The summed E-state index contributed by atoms with van der Waals surface area (Å²) in [6, 6.07) is 15.2. The van der Waals surface area contributed by atoms with E-state index in [1.54, 1.807) is 55.6 Å². The molecule has 1 amide bonds. The molecule has 6 heteroatoms. The van der Waals surface area contributed by atoms with Crippen LogP contribution in [0.4, 0.5) is 4.39 Å². The Hall–Kier alpha value is -3.25. The van der Waals surface area contributed by atoms with Crippen LogP contribution in [0.1, 0.15) is 39.2 Å². The molecule has 0 radical (unpaired) electrons. The smallest absolute Gasteiger partial charge is 0.252 e. The lowest BCUT2D eigenvalue weighted by Gasteiger charge is -2.39. The van der Waals surface area contributed by atoms with E-state index in [9.17, 15) is 14.3 Å². The van der Waals surface area contributed by atoms with Crippen molar-refractivity contribution in [3.8, 4) is 5.75 Å². The van der Waals surface area contributed by atoms with Gasteiger partial charge in [0.15, 0.2) is 0 Å². The number of pyridine rings is 1. The summed E-state index contributed by atoms with van der Waals surface area (Å²) in [7, 11) is 0. The minimum atomic E-state index is -1.02. The molecule has 0 spiro atoms. The normalized spacial score (nSPS) is 17.9. The Balaban J connectivity index is 1.81. The van der Waals surface area contributed by atoms with Gasteiger partial charge in [0, 0.05) is 18.2 Å². The minimum Gasteiger partial charge on any atom is -0.491 e. The van der Waals surface area contributed by atoms with Gasteiger partial charge >= 0.3 is 0 Å². The zero-order valence-electron chi connectivity index (χ0n) is 16.0. The zero-order valence-corrected chi connectivity index (χ0v) is 16.0. The molecule has 0 bridgehead atoms. The van der Waals surface area contributed by atoms with Crippen LogP contribution >= 0.6 is 0 Å². The van der Waals surface area contributed by atoms with Crippen molar-refractivity contribution in [1.29, 1.82) is 0 Å². The maximum atomic E-state index is 14.4. The van der Waals surface area contributed by atoms with E-state index < -0.39 is 5.54 Å². The van der Waals surface area contributed by atoms with Crippen molar-refractivity contribution in [1.82, 2.24) is 10.3 Å². The van der Waals surface area contributed by atoms with Gasteiger partial charge in [0.05, 0.1) is 13.2 Å². The van der Waals surface area contributed by atoms with E-state index in [-0.39, 0.29) is 18.3 Å². The average molecular weight is 392 g/mol. The molecule has 1 aromatic heterocycles. The summed E-state index contributed by atoms with van der Waals surface area (Å²) < 4.78 is 20.2. The van der Waals surface area contributed by atoms with E-state index in [0.717, 1.165) is 5.56 Å². The number of hydrogen-bond donors (Lipinski definition) is 2. The maximum absolute atomic E-state index is 14.4. The van der Waals surface area contributed by atoms with E-state index in [4.69, 9.17) is 4.74 Å². The first-order chi connectivity index (χ1) is 14.0. The van der Waals surface area contributed by atoms with Crippen LogP contribution in [0.25, 0.3) is 0 Å². The minimum absolute atomic E-state index is 0.0941. The molecule has 0 unspecified atom stereocenters. The van der Waals surface area contributed by atoms with Crippen LogP contribution in [-0.2, 0) is 12.1 Å². The predicted octanol–water partition coefficient (Wildman–Crippen LogP) is 3.48. The van der Waals surface area contributed by atoms with Crippen molar-refractivity contribution in [3.63, 3.8) is 0 Å². The Morgan fingerprint density at radius 1 is 1.24 bits per heavy atom. The summed E-state index contributed by atoms with van der Waals surface area (Å²) in [5, 5.41) is 12.3. The first-order valence-electron chi connectivity index (χ1n) is 9.41. The number of rotatable bonds is 4. The predicted molar refractivity (Wildman–Crippen MR) is 106 cm³/mol. The molecule has 1 aliphatic heterocycles. The molecule has 5 nitrogen and oxygen atoms in total. The Morgan fingerprint density at radius 3 is 2.76 bits per heavy atom. The van der Waals surface area contributed by atoms with Crippen molar-refractivity contribution in [3.05, 3.63) is 94.6 Å².